The molecule has 0 aromatic carbocycles. The summed E-state index contributed by atoms with van der Waals surface area (Å²) in [6.45, 7) is 8.39. The van der Waals surface area contributed by atoms with Gasteiger partial charge in [0.15, 0.2) is 0 Å². The van der Waals surface area contributed by atoms with Crippen molar-refractivity contribution in [3.63, 3.8) is 0 Å². The molecule has 92 valence electrons. The first-order valence-corrected chi connectivity index (χ1v) is 5.50. The van der Waals surface area contributed by atoms with Crippen molar-refractivity contribution >= 4 is 11.9 Å². The van der Waals surface area contributed by atoms with Gasteiger partial charge in [0, 0.05) is 18.6 Å². The van der Waals surface area contributed by atoms with Crippen LogP contribution in [0.15, 0.2) is 0 Å². The number of carboxylic acid groups (broad SMARTS) is 1. The molecule has 1 aliphatic rings. The summed E-state index contributed by atoms with van der Waals surface area (Å²) in [5, 5.41) is 11.7. The lowest BCUT2D eigenvalue weighted by molar-refractivity contribution is -0.142. The third kappa shape index (κ3) is 2.72. The lowest BCUT2D eigenvalue weighted by atomic mass is 10.0. The quantitative estimate of drug-likeness (QED) is 0.677. The molecule has 0 saturated carbocycles. The van der Waals surface area contributed by atoms with Crippen LogP contribution in [0.2, 0.25) is 0 Å². The maximum absolute atomic E-state index is 11.7. The van der Waals surface area contributed by atoms with Gasteiger partial charge in [-0.2, -0.15) is 0 Å². The molecule has 5 heteroatoms. The number of hydrogen-bond donors (Lipinski definition) is 2. The molecule has 0 bridgehead atoms. The predicted molar refractivity (Wildman–Crippen MR) is 60.1 cm³/mol. The molecule has 1 heterocycles. The highest BCUT2D eigenvalue weighted by atomic mass is 16.4. The van der Waals surface area contributed by atoms with E-state index >= 15 is 0 Å². The first-order chi connectivity index (χ1) is 7.23. The van der Waals surface area contributed by atoms with Crippen LogP contribution < -0.4 is 5.32 Å². The summed E-state index contributed by atoms with van der Waals surface area (Å²) < 4.78 is 0. The second-order valence-electron chi connectivity index (χ2n) is 5.28. The molecule has 1 aliphatic heterocycles. The van der Waals surface area contributed by atoms with Crippen molar-refractivity contribution < 1.29 is 14.7 Å². The maximum Gasteiger partial charge on any atom is 0.309 e. The highest BCUT2D eigenvalue weighted by molar-refractivity contribution is 5.83. The first-order valence-electron chi connectivity index (χ1n) is 5.50. The fourth-order valence-corrected chi connectivity index (χ4v) is 1.99. The Morgan fingerprint density at radius 1 is 1.50 bits per heavy atom. The number of carbonyl (C=O) groups excluding carboxylic acids is 1. The van der Waals surface area contributed by atoms with E-state index < -0.39 is 11.9 Å². The Kier molecular flexibility index (Phi) is 3.57. The highest BCUT2D eigenvalue weighted by Gasteiger charge is 2.37. The zero-order chi connectivity index (χ0) is 12.5. The van der Waals surface area contributed by atoms with Crippen LogP contribution in [0.5, 0.6) is 0 Å². The van der Waals surface area contributed by atoms with Gasteiger partial charge in [0.2, 0.25) is 5.91 Å². The Morgan fingerprint density at radius 3 is 2.50 bits per heavy atom. The second-order valence-corrected chi connectivity index (χ2v) is 5.28. The summed E-state index contributed by atoms with van der Waals surface area (Å²) in [5.41, 5.74) is -0.213. The average molecular weight is 228 g/mol. The van der Waals surface area contributed by atoms with Crippen molar-refractivity contribution in [3.05, 3.63) is 0 Å². The van der Waals surface area contributed by atoms with Crippen molar-refractivity contribution in [1.29, 1.82) is 0 Å². The van der Waals surface area contributed by atoms with Gasteiger partial charge >= 0.3 is 5.97 Å². The van der Waals surface area contributed by atoms with Gasteiger partial charge < -0.3 is 10.4 Å². The topological polar surface area (TPSA) is 69.6 Å². The SMILES string of the molecule is CC1C(=O)NCC(C(=O)O)CN1C(C)(C)C. The summed E-state index contributed by atoms with van der Waals surface area (Å²) in [7, 11) is 0. The normalized spacial score (nSPS) is 28.4. The zero-order valence-electron chi connectivity index (χ0n) is 10.3. The molecule has 2 unspecified atom stereocenters. The number of nitrogens with one attached hydrogen (secondary N) is 1. The van der Waals surface area contributed by atoms with Crippen LogP contribution in [0.4, 0.5) is 0 Å². The molecule has 5 nitrogen and oxygen atoms in total. The summed E-state index contributed by atoms with van der Waals surface area (Å²) in [6.07, 6.45) is 0. The van der Waals surface area contributed by atoms with Crippen molar-refractivity contribution in [2.45, 2.75) is 39.3 Å². The Balaban J connectivity index is 2.93. The standard InChI is InChI=1S/C11H20N2O3/c1-7-9(14)12-5-8(10(15)16)6-13(7)11(2,3)4/h7-8H,5-6H2,1-4H3,(H,12,14)(H,15,16). The van der Waals surface area contributed by atoms with Gasteiger partial charge in [-0.05, 0) is 27.7 Å². The van der Waals surface area contributed by atoms with Gasteiger partial charge in [-0.25, -0.2) is 0 Å². The van der Waals surface area contributed by atoms with E-state index in [1.807, 2.05) is 32.6 Å². The van der Waals surface area contributed by atoms with E-state index in [0.717, 1.165) is 0 Å². The Bertz CT molecular complexity index is 296. The second kappa shape index (κ2) is 4.41. The van der Waals surface area contributed by atoms with Gasteiger partial charge in [0.1, 0.15) is 0 Å². The molecule has 2 N–H and O–H groups in total. The van der Waals surface area contributed by atoms with E-state index in [9.17, 15) is 9.59 Å². The summed E-state index contributed by atoms with van der Waals surface area (Å²) >= 11 is 0. The Morgan fingerprint density at radius 2 is 2.06 bits per heavy atom. The van der Waals surface area contributed by atoms with Crippen molar-refractivity contribution in [1.82, 2.24) is 10.2 Å². The molecule has 16 heavy (non-hydrogen) atoms. The highest BCUT2D eigenvalue weighted by Crippen LogP contribution is 2.21. The Hall–Kier alpha value is -1.10. The molecule has 1 rings (SSSR count). The molecule has 0 aromatic heterocycles. The van der Waals surface area contributed by atoms with E-state index in [4.69, 9.17) is 5.11 Å². The molecule has 0 radical (unpaired) electrons. The molecular formula is C11H20N2O3. The zero-order valence-corrected chi connectivity index (χ0v) is 10.3. The third-order valence-electron chi connectivity index (χ3n) is 3.00. The van der Waals surface area contributed by atoms with Crippen molar-refractivity contribution in [3.8, 4) is 0 Å². The molecular weight excluding hydrogens is 208 g/mol. The van der Waals surface area contributed by atoms with E-state index in [1.165, 1.54) is 0 Å². The fourth-order valence-electron chi connectivity index (χ4n) is 1.99. The van der Waals surface area contributed by atoms with Crippen LogP contribution in [0, 0.1) is 5.92 Å². The summed E-state index contributed by atoms with van der Waals surface area (Å²) in [6, 6.07) is -0.288. The van der Waals surface area contributed by atoms with E-state index in [2.05, 4.69) is 5.32 Å². The fraction of sp³-hybridized carbons (Fsp3) is 0.818. The molecule has 1 amide bonds. The minimum atomic E-state index is -0.858. The van der Waals surface area contributed by atoms with Crippen LogP contribution in [0.1, 0.15) is 27.7 Å². The number of hydrogen-bond acceptors (Lipinski definition) is 3. The minimum absolute atomic E-state index is 0.0984. The van der Waals surface area contributed by atoms with Crippen LogP contribution in [0.25, 0.3) is 0 Å². The molecule has 0 aromatic rings. The largest absolute Gasteiger partial charge is 0.481 e. The average Bonchev–Trinajstić information content (AvgIpc) is 2.27. The van der Waals surface area contributed by atoms with Gasteiger partial charge in [-0.1, -0.05) is 0 Å². The van der Waals surface area contributed by atoms with Crippen LogP contribution in [-0.4, -0.2) is 46.6 Å². The van der Waals surface area contributed by atoms with Gasteiger partial charge in [0.25, 0.3) is 0 Å². The first kappa shape index (κ1) is 13.0. The number of carboxylic acids is 1. The van der Waals surface area contributed by atoms with Crippen LogP contribution in [0.3, 0.4) is 0 Å². The maximum atomic E-state index is 11.7. The predicted octanol–water partition coefficient (Wildman–Crippen LogP) is 0.306. The monoisotopic (exact) mass is 228 g/mol. The molecule has 1 fully saturated rings. The van der Waals surface area contributed by atoms with Gasteiger partial charge in [-0.3, -0.25) is 14.5 Å². The minimum Gasteiger partial charge on any atom is -0.481 e. The summed E-state index contributed by atoms with van der Waals surface area (Å²) in [5.74, 6) is -1.49. The number of amides is 1. The van der Waals surface area contributed by atoms with Crippen molar-refractivity contribution in [2.24, 2.45) is 5.92 Å². The smallest absolute Gasteiger partial charge is 0.309 e. The number of carbonyl (C=O) groups is 2. The molecule has 0 aliphatic carbocycles. The Labute approximate surface area is 95.8 Å². The van der Waals surface area contributed by atoms with E-state index in [1.54, 1.807) is 0 Å². The van der Waals surface area contributed by atoms with Crippen LogP contribution in [-0.2, 0) is 9.59 Å². The lowest BCUT2D eigenvalue weighted by Crippen LogP contribution is -2.52. The van der Waals surface area contributed by atoms with Gasteiger partial charge in [-0.15, -0.1) is 0 Å². The van der Waals surface area contributed by atoms with Crippen LogP contribution >= 0.6 is 0 Å². The van der Waals surface area contributed by atoms with Gasteiger partial charge in [0.05, 0.1) is 12.0 Å². The van der Waals surface area contributed by atoms with Crippen molar-refractivity contribution in [2.75, 3.05) is 13.1 Å². The lowest BCUT2D eigenvalue weighted by Gasteiger charge is -2.38. The number of nitrogens with zero attached hydrogens (tertiary/aromatic N) is 1. The number of rotatable bonds is 1. The third-order valence-corrected chi connectivity index (χ3v) is 3.00. The number of aliphatic carboxylic acids is 1. The molecule has 0 spiro atoms. The van der Waals surface area contributed by atoms with E-state index in [0.29, 0.717) is 6.54 Å². The molecule has 1 saturated heterocycles. The van der Waals surface area contributed by atoms with E-state index in [-0.39, 0.29) is 24.0 Å². The summed E-state index contributed by atoms with van der Waals surface area (Å²) in [4.78, 5) is 24.6. The molecule has 2 atom stereocenters.